The van der Waals surface area contributed by atoms with E-state index in [9.17, 15) is 4.79 Å². The zero-order chi connectivity index (χ0) is 17.5. The molecule has 2 heterocycles. The number of quaternary nitrogens is 1. The molecular weight excluding hydrogens is 320 g/mol. The van der Waals surface area contributed by atoms with Crippen LogP contribution in [0.3, 0.4) is 0 Å². The quantitative estimate of drug-likeness (QED) is 0.596. The van der Waals surface area contributed by atoms with Gasteiger partial charge in [-0.15, -0.1) is 0 Å². The first kappa shape index (κ1) is 15.4. The maximum Gasteiger partial charge on any atom is 0.286 e. The van der Waals surface area contributed by atoms with Crippen LogP contribution in [0.25, 0.3) is 21.8 Å². The molecule has 5 rings (SSSR count). The summed E-state index contributed by atoms with van der Waals surface area (Å²) >= 11 is 0. The Morgan fingerprint density at radius 1 is 0.808 bits per heavy atom. The van der Waals surface area contributed by atoms with Crippen LogP contribution >= 0.6 is 0 Å². The number of hydrogen-bond donors (Lipinski definition) is 1. The van der Waals surface area contributed by atoms with Crippen LogP contribution in [-0.4, -0.2) is 23.6 Å². The normalized spacial score (nSPS) is 16.7. The predicted molar refractivity (Wildman–Crippen MR) is 105 cm³/mol. The average Bonchev–Trinajstić information content (AvgIpc) is 3.02. The molecule has 4 aromatic rings. The van der Waals surface area contributed by atoms with Crippen molar-refractivity contribution in [2.45, 2.75) is 13.0 Å². The molecule has 26 heavy (non-hydrogen) atoms. The van der Waals surface area contributed by atoms with Crippen LogP contribution in [0.15, 0.2) is 72.8 Å². The van der Waals surface area contributed by atoms with Crippen molar-refractivity contribution in [2.75, 3.05) is 13.1 Å². The second kappa shape index (κ2) is 6.11. The molecule has 1 aliphatic heterocycles. The number of benzene rings is 3. The van der Waals surface area contributed by atoms with Crippen molar-refractivity contribution in [1.82, 2.24) is 4.57 Å². The molecule has 1 unspecified atom stereocenters. The van der Waals surface area contributed by atoms with Gasteiger partial charge in [0.05, 0.1) is 17.6 Å². The fourth-order valence-electron chi connectivity index (χ4n) is 4.28. The Kier molecular flexibility index (Phi) is 3.61. The second-order valence-electron chi connectivity index (χ2n) is 7.14. The monoisotopic (exact) mass is 341 g/mol. The van der Waals surface area contributed by atoms with Gasteiger partial charge < -0.3 is 4.90 Å². The summed E-state index contributed by atoms with van der Waals surface area (Å²) in [5.41, 5.74) is 4.83. The highest BCUT2D eigenvalue weighted by Crippen LogP contribution is 2.28. The third-order valence-corrected chi connectivity index (χ3v) is 5.54. The van der Waals surface area contributed by atoms with Gasteiger partial charge in [0.1, 0.15) is 6.54 Å². The van der Waals surface area contributed by atoms with Gasteiger partial charge in [-0.25, -0.2) is 0 Å². The van der Waals surface area contributed by atoms with Gasteiger partial charge in [0.15, 0.2) is 6.54 Å². The summed E-state index contributed by atoms with van der Waals surface area (Å²) in [6.45, 7) is 2.47. The first-order valence-corrected chi connectivity index (χ1v) is 9.23. The number of rotatable bonds is 2. The minimum Gasteiger partial charge on any atom is -0.323 e. The van der Waals surface area contributed by atoms with Crippen molar-refractivity contribution >= 4 is 27.7 Å². The van der Waals surface area contributed by atoms with Crippen LogP contribution in [0.2, 0.25) is 0 Å². The van der Waals surface area contributed by atoms with Crippen molar-refractivity contribution in [3.05, 3.63) is 83.9 Å². The Hall–Kier alpha value is -2.91. The molecule has 0 fully saturated rings. The van der Waals surface area contributed by atoms with Crippen LogP contribution in [0.1, 0.15) is 15.9 Å². The summed E-state index contributed by atoms with van der Waals surface area (Å²) in [5.74, 6) is 0.178. The third kappa shape index (κ3) is 2.44. The highest BCUT2D eigenvalue weighted by atomic mass is 16.2. The van der Waals surface area contributed by atoms with Crippen LogP contribution in [0, 0.1) is 0 Å². The summed E-state index contributed by atoms with van der Waals surface area (Å²) in [5, 5.41) is 2.30. The lowest BCUT2D eigenvalue weighted by molar-refractivity contribution is -0.907. The number of nitrogens with zero attached hydrogens (tertiary/aromatic N) is 1. The highest BCUT2D eigenvalue weighted by Gasteiger charge is 2.24. The average molecular weight is 341 g/mol. The smallest absolute Gasteiger partial charge is 0.286 e. The summed E-state index contributed by atoms with van der Waals surface area (Å²) in [7, 11) is 0. The Bertz CT molecular complexity index is 1070. The number of fused-ring (bicyclic) bond motifs is 4. The molecular formula is C23H21N2O+. The van der Waals surface area contributed by atoms with Crippen LogP contribution in [0.5, 0.6) is 0 Å². The van der Waals surface area contributed by atoms with Crippen molar-refractivity contribution < 1.29 is 9.69 Å². The summed E-state index contributed by atoms with van der Waals surface area (Å²) in [6.07, 6.45) is 1.05. The topological polar surface area (TPSA) is 26.4 Å². The van der Waals surface area contributed by atoms with E-state index in [1.165, 1.54) is 16.0 Å². The molecule has 128 valence electrons. The Labute approximate surface area is 152 Å². The van der Waals surface area contributed by atoms with Gasteiger partial charge in [0.2, 0.25) is 0 Å². The maximum absolute atomic E-state index is 13.3. The maximum atomic E-state index is 13.3. The number of para-hydroxylation sites is 2. The van der Waals surface area contributed by atoms with E-state index < -0.39 is 0 Å². The van der Waals surface area contributed by atoms with Crippen LogP contribution in [-0.2, 0) is 13.0 Å². The van der Waals surface area contributed by atoms with E-state index in [1.54, 1.807) is 0 Å². The molecule has 3 heteroatoms. The molecule has 0 aliphatic carbocycles. The summed E-state index contributed by atoms with van der Waals surface area (Å²) < 4.78 is 1.91. The van der Waals surface area contributed by atoms with E-state index in [0.29, 0.717) is 6.54 Å². The molecule has 1 aliphatic rings. The van der Waals surface area contributed by atoms with Crippen LogP contribution in [0.4, 0.5) is 0 Å². The Morgan fingerprint density at radius 2 is 1.38 bits per heavy atom. The fourth-order valence-corrected chi connectivity index (χ4v) is 4.28. The molecule has 0 saturated heterocycles. The third-order valence-electron chi connectivity index (χ3n) is 5.54. The Balaban J connectivity index is 1.51. The number of hydrogen-bond acceptors (Lipinski definition) is 1. The lowest BCUT2D eigenvalue weighted by atomic mass is 10.00. The summed E-state index contributed by atoms with van der Waals surface area (Å²) in [4.78, 5) is 14.6. The van der Waals surface area contributed by atoms with Gasteiger partial charge in [-0.2, -0.15) is 0 Å². The molecule has 1 N–H and O–H groups in total. The highest BCUT2D eigenvalue weighted by molar-refractivity contribution is 6.13. The second-order valence-corrected chi connectivity index (χ2v) is 7.14. The Morgan fingerprint density at radius 3 is 2.08 bits per heavy atom. The molecule has 3 nitrogen and oxygen atoms in total. The van der Waals surface area contributed by atoms with Crippen molar-refractivity contribution in [2.24, 2.45) is 0 Å². The van der Waals surface area contributed by atoms with E-state index in [2.05, 4.69) is 36.4 Å². The van der Waals surface area contributed by atoms with Gasteiger partial charge in [0.25, 0.3) is 5.91 Å². The number of carbonyl (C=O) groups is 1. The zero-order valence-electron chi connectivity index (χ0n) is 14.6. The molecule has 0 bridgehead atoms. The first-order valence-electron chi connectivity index (χ1n) is 9.23. The van der Waals surface area contributed by atoms with E-state index >= 15 is 0 Å². The van der Waals surface area contributed by atoms with E-state index in [-0.39, 0.29) is 5.91 Å². The van der Waals surface area contributed by atoms with Crippen molar-refractivity contribution in [3.63, 3.8) is 0 Å². The fraction of sp³-hybridized carbons (Fsp3) is 0.174. The van der Waals surface area contributed by atoms with Gasteiger partial charge in [0, 0.05) is 22.8 Å². The van der Waals surface area contributed by atoms with Crippen molar-refractivity contribution in [1.29, 1.82) is 0 Å². The minimum absolute atomic E-state index is 0.178. The zero-order valence-corrected chi connectivity index (χ0v) is 14.6. The van der Waals surface area contributed by atoms with Gasteiger partial charge in [-0.1, -0.05) is 60.7 Å². The minimum atomic E-state index is 0.178. The van der Waals surface area contributed by atoms with Gasteiger partial charge >= 0.3 is 0 Å². The molecule has 0 amide bonds. The SMILES string of the molecule is O=C(C[NH+]1CCc2ccccc2C1)n1c2ccccc2c2ccccc21. The number of carbonyl (C=O) groups excluding carboxylic acids is 1. The number of nitrogens with one attached hydrogen (secondary N) is 1. The number of aromatic nitrogens is 1. The van der Waals surface area contributed by atoms with Gasteiger partial charge in [-0.3, -0.25) is 9.36 Å². The molecule has 3 aromatic carbocycles. The van der Waals surface area contributed by atoms with Crippen LogP contribution < -0.4 is 4.90 Å². The van der Waals surface area contributed by atoms with E-state index in [1.807, 2.05) is 41.0 Å². The molecule has 1 aromatic heterocycles. The lowest BCUT2D eigenvalue weighted by Gasteiger charge is -2.25. The van der Waals surface area contributed by atoms with E-state index in [0.717, 1.165) is 41.3 Å². The summed E-state index contributed by atoms with van der Waals surface area (Å²) in [6, 6.07) is 25.0. The standard InChI is InChI=1S/C23H20N2O/c26-23(16-24-14-13-17-7-1-2-8-18(17)15-24)25-21-11-5-3-9-19(21)20-10-4-6-12-22(20)25/h1-12H,13-16H2/p+1. The molecule has 0 saturated carbocycles. The first-order chi connectivity index (χ1) is 12.8. The molecule has 1 atom stereocenters. The van der Waals surface area contributed by atoms with E-state index in [4.69, 9.17) is 0 Å². The van der Waals surface area contributed by atoms with Crippen molar-refractivity contribution in [3.8, 4) is 0 Å². The molecule has 0 radical (unpaired) electrons. The van der Waals surface area contributed by atoms with Gasteiger partial charge in [-0.05, 0) is 17.7 Å². The lowest BCUT2D eigenvalue weighted by Crippen LogP contribution is -3.12. The largest absolute Gasteiger partial charge is 0.323 e. The predicted octanol–water partition coefficient (Wildman–Crippen LogP) is 3.08. The molecule has 0 spiro atoms.